The third-order valence-electron chi connectivity index (χ3n) is 6.52. The fourth-order valence-corrected chi connectivity index (χ4v) is 4.60. The smallest absolute Gasteiger partial charge is 0.308 e. The van der Waals surface area contributed by atoms with Crippen molar-refractivity contribution in [3.8, 4) is 11.5 Å². The monoisotopic (exact) mass is 499 g/mol. The van der Waals surface area contributed by atoms with Gasteiger partial charge in [-0.1, -0.05) is 31.2 Å². The van der Waals surface area contributed by atoms with Crippen LogP contribution in [0.2, 0.25) is 0 Å². The first-order chi connectivity index (χ1) is 17.7. The minimum atomic E-state index is -0.888. The average molecular weight is 500 g/mol. The number of carbonyl (C=O) groups excluding carboxylic acids is 3. The predicted octanol–water partition coefficient (Wildman–Crippen LogP) is 5.43. The van der Waals surface area contributed by atoms with Crippen molar-refractivity contribution in [3.05, 3.63) is 94.1 Å². The van der Waals surface area contributed by atoms with Gasteiger partial charge in [0, 0.05) is 18.2 Å². The Labute approximate surface area is 215 Å². The highest BCUT2D eigenvalue weighted by molar-refractivity contribution is 6.51. The number of esters is 1. The maximum Gasteiger partial charge on any atom is 0.308 e. The number of ether oxygens (including phenoxy) is 2. The van der Waals surface area contributed by atoms with E-state index in [1.165, 1.54) is 11.8 Å². The first-order valence-electron chi connectivity index (χ1n) is 12.0. The molecule has 1 heterocycles. The number of amides is 1. The van der Waals surface area contributed by atoms with Gasteiger partial charge >= 0.3 is 5.97 Å². The van der Waals surface area contributed by atoms with Crippen molar-refractivity contribution in [2.24, 2.45) is 0 Å². The Morgan fingerprint density at radius 2 is 1.62 bits per heavy atom. The van der Waals surface area contributed by atoms with Gasteiger partial charge in [-0.25, -0.2) is 0 Å². The quantitative estimate of drug-likeness (QED) is 0.160. The van der Waals surface area contributed by atoms with Gasteiger partial charge in [0.25, 0.3) is 11.7 Å². The molecule has 4 rings (SSSR count). The number of aliphatic hydroxyl groups is 1. The number of nitrogens with zero attached hydrogens (tertiary/aromatic N) is 1. The third-order valence-corrected chi connectivity index (χ3v) is 6.52. The Morgan fingerprint density at radius 1 is 0.973 bits per heavy atom. The van der Waals surface area contributed by atoms with Gasteiger partial charge in [-0.05, 0) is 78.9 Å². The summed E-state index contributed by atoms with van der Waals surface area (Å²) in [7, 11) is 1.57. The van der Waals surface area contributed by atoms with Crippen molar-refractivity contribution < 1.29 is 29.0 Å². The molecule has 0 radical (unpaired) electrons. The van der Waals surface area contributed by atoms with Crippen LogP contribution in [0.15, 0.2) is 66.2 Å². The van der Waals surface area contributed by atoms with Crippen LogP contribution in [0.1, 0.15) is 47.7 Å². The molecule has 1 amide bonds. The molecular weight excluding hydrogens is 470 g/mol. The Morgan fingerprint density at radius 3 is 2.19 bits per heavy atom. The van der Waals surface area contributed by atoms with E-state index < -0.39 is 23.7 Å². The highest BCUT2D eigenvalue weighted by atomic mass is 16.5. The number of aliphatic hydroxyl groups excluding tert-OH is 1. The summed E-state index contributed by atoms with van der Waals surface area (Å²) in [6, 6.07) is 16.6. The van der Waals surface area contributed by atoms with Crippen molar-refractivity contribution >= 4 is 29.1 Å². The van der Waals surface area contributed by atoms with Crippen molar-refractivity contribution in [3.63, 3.8) is 0 Å². The molecule has 190 valence electrons. The number of ketones is 1. The van der Waals surface area contributed by atoms with Crippen molar-refractivity contribution in [2.45, 2.75) is 40.2 Å². The molecule has 1 aliphatic rings. The molecule has 1 N–H and O–H groups in total. The molecule has 1 saturated heterocycles. The first-order valence-corrected chi connectivity index (χ1v) is 12.0. The van der Waals surface area contributed by atoms with E-state index in [9.17, 15) is 19.5 Å². The summed E-state index contributed by atoms with van der Waals surface area (Å²) >= 11 is 0. The van der Waals surface area contributed by atoms with E-state index in [1.54, 1.807) is 62.6 Å². The molecular formula is C30H29NO6. The highest BCUT2D eigenvalue weighted by Gasteiger charge is 2.47. The Balaban J connectivity index is 1.92. The van der Waals surface area contributed by atoms with Gasteiger partial charge in [-0.3, -0.25) is 19.3 Å². The molecule has 37 heavy (non-hydrogen) atoms. The second-order valence-corrected chi connectivity index (χ2v) is 8.99. The lowest BCUT2D eigenvalue weighted by molar-refractivity contribution is -0.132. The van der Waals surface area contributed by atoms with E-state index in [2.05, 4.69) is 0 Å². The largest absolute Gasteiger partial charge is 0.507 e. The fraction of sp³-hybridized carbons (Fsp3) is 0.233. The summed E-state index contributed by atoms with van der Waals surface area (Å²) in [5, 5.41) is 11.5. The van der Waals surface area contributed by atoms with Gasteiger partial charge in [0.2, 0.25) is 0 Å². The number of benzene rings is 3. The molecule has 0 aromatic heterocycles. The standard InChI is InChI=1S/C30H29NO6/c1-6-20-7-11-22(12-8-20)31-27(21-9-13-23(14-10-21)37-19(4)32)26(29(34)30(31)35)28(33)24-15-18(3)25(36-5)16-17(24)2/h7-16,27,33H,6H2,1-5H3/b28-26+. The summed E-state index contributed by atoms with van der Waals surface area (Å²) in [6.45, 7) is 6.99. The average Bonchev–Trinajstić information content (AvgIpc) is 3.15. The summed E-state index contributed by atoms with van der Waals surface area (Å²) < 4.78 is 10.5. The van der Waals surface area contributed by atoms with Crippen molar-refractivity contribution in [1.82, 2.24) is 0 Å². The molecule has 7 heteroatoms. The zero-order valence-corrected chi connectivity index (χ0v) is 21.5. The van der Waals surface area contributed by atoms with Crippen LogP contribution < -0.4 is 14.4 Å². The lowest BCUT2D eigenvalue weighted by Gasteiger charge is -2.26. The third kappa shape index (κ3) is 4.85. The predicted molar refractivity (Wildman–Crippen MR) is 141 cm³/mol. The molecule has 3 aromatic rings. The van der Waals surface area contributed by atoms with Crippen molar-refractivity contribution in [1.29, 1.82) is 0 Å². The second-order valence-electron chi connectivity index (χ2n) is 8.99. The van der Waals surface area contributed by atoms with Crippen LogP contribution in [-0.2, 0) is 20.8 Å². The number of hydrogen-bond donors (Lipinski definition) is 1. The summed E-state index contributed by atoms with van der Waals surface area (Å²) in [5.41, 5.74) is 4.11. The Bertz CT molecular complexity index is 1400. The Kier molecular flexibility index (Phi) is 7.16. The van der Waals surface area contributed by atoms with Gasteiger partial charge in [-0.15, -0.1) is 0 Å². The lowest BCUT2D eigenvalue weighted by atomic mass is 9.93. The molecule has 3 aromatic carbocycles. The van der Waals surface area contributed by atoms with E-state index in [0.717, 1.165) is 17.5 Å². The molecule has 7 nitrogen and oxygen atoms in total. The second kappa shape index (κ2) is 10.3. The van der Waals surface area contributed by atoms with Gasteiger partial charge in [0.15, 0.2) is 0 Å². The fourth-order valence-electron chi connectivity index (χ4n) is 4.60. The van der Waals surface area contributed by atoms with Crippen LogP contribution in [0.25, 0.3) is 5.76 Å². The number of aryl methyl sites for hydroxylation is 3. The number of hydrogen-bond acceptors (Lipinski definition) is 6. The molecule has 0 saturated carbocycles. The van der Waals surface area contributed by atoms with Gasteiger partial charge < -0.3 is 14.6 Å². The number of rotatable bonds is 6. The van der Waals surface area contributed by atoms with Gasteiger partial charge in [-0.2, -0.15) is 0 Å². The number of Topliss-reactive ketones (excluding diaryl/α,β-unsaturated/α-hetero) is 1. The molecule has 0 bridgehead atoms. The molecule has 1 unspecified atom stereocenters. The van der Waals surface area contributed by atoms with E-state index in [0.29, 0.717) is 33.9 Å². The van der Waals surface area contributed by atoms with Gasteiger partial charge in [0.05, 0.1) is 18.7 Å². The zero-order chi connectivity index (χ0) is 26.9. The molecule has 1 fully saturated rings. The molecule has 0 aliphatic carbocycles. The normalized spacial score (nSPS) is 16.7. The van der Waals surface area contributed by atoms with E-state index in [4.69, 9.17) is 9.47 Å². The summed E-state index contributed by atoms with van der Waals surface area (Å²) in [4.78, 5) is 39.6. The first kappa shape index (κ1) is 25.7. The zero-order valence-electron chi connectivity index (χ0n) is 21.5. The molecule has 1 atom stereocenters. The van der Waals surface area contributed by atoms with Gasteiger partial charge in [0.1, 0.15) is 17.3 Å². The minimum Gasteiger partial charge on any atom is -0.507 e. The minimum absolute atomic E-state index is 0.0162. The van der Waals surface area contributed by atoms with Crippen LogP contribution >= 0.6 is 0 Å². The maximum absolute atomic E-state index is 13.4. The van der Waals surface area contributed by atoms with Crippen LogP contribution in [-0.4, -0.2) is 29.9 Å². The molecule has 0 spiro atoms. The summed E-state index contributed by atoms with van der Waals surface area (Å²) in [6.07, 6.45) is 0.830. The highest BCUT2D eigenvalue weighted by Crippen LogP contribution is 2.43. The molecule has 1 aliphatic heterocycles. The number of methoxy groups -OCH3 is 1. The van der Waals surface area contributed by atoms with E-state index in [-0.39, 0.29) is 11.3 Å². The van der Waals surface area contributed by atoms with Crippen LogP contribution in [0.5, 0.6) is 11.5 Å². The van der Waals surface area contributed by atoms with E-state index in [1.807, 2.05) is 26.0 Å². The Hall–Kier alpha value is -4.39. The lowest BCUT2D eigenvalue weighted by Crippen LogP contribution is -2.29. The SMILES string of the molecule is CCc1ccc(N2C(=O)C(=O)/C(=C(/O)c3cc(C)c(OC)cc3C)C2c2ccc(OC(C)=O)cc2)cc1. The van der Waals surface area contributed by atoms with E-state index >= 15 is 0 Å². The maximum atomic E-state index is 13.4. The number of anilines is 1. The topological polar surface area (TPSA) is 93.1 Å². The van der Waals surface area contributed by atoms with Crippen LogP contribution in [0.4, 0.5) is 5.69 Å². The van der Waals surface area contributed by atoms with Crippen molar-refractivity contribution in [2.75, 3.05) is 12.0 Å². The van der Waals surface area contributed by atoms with Crippen LogP contribution in [0, 0.1) is 13.8 Å². The van der Waals surface area contributed by atoms with Crippen LogP contribution in [0.3, 0.4) is 0 Å². The summed E-state index contributed by atoms with van der Waals surface area (Å²) in [5.74, 6) is -1.24. The number of carbonyl (C=O) groups is 3.